The molecule has 1 heterocycles. The topological polar surface area (TPSA) is 32.3 Å². The summed E-state index contributed by atoms with van der Waals surface area (Å²) < 4.78 is 0. The van der Waals surface area contributed by atoms with Crippen LogP contribution in [0.4, 0.5) is 4.79 Å². The van der Waals surface area contributed by atoms with Crippen LogP contribution in [-0.2, 0) is 0 Å². The average Bonchev–Trinajstić information content (AvgIpc) is 2.05. The Bertz CT molecular complexity index is 160. The molecule has 0 aromatic rings. The van der Waals surface area contributed by atoms with Gasteiger partial charge in [-0.2, -0.15) is 0 Å². The van der Waals surface area contributed by atoms with Gasteiger partial charge in [0.15, 0.2) is 0 Å². The predicted molar refractivity (Wildman–Crippen MR) is 59.8 cm³/mol. The van der Waals surface area contributed by atoms with Gasteiger partial charge < -0.3 is 10.2 Å². The molecule has 1 N–H and O–H groups in total. The Balaban J connectivity index is 0.00000144. The standard InChI is InChI=1S/C8H16N2OS.ClH/c1-7(2)12-8(11)10-5-3-9-4-6-10;/h7,9H,3-6H2,1-2H3;1H. The van der Waals surface area contributed by atoms with Crippen LogP contribution in [0, 0.1) is 0 Å². The molecule has 5 heteroatoms. The SMILES string of the molecule is CC(C)SC(=O)N1CCNCC1.Cl. The van der Waals surface area contributed by atoms with Gasteiger partial charge in [-0.15, -0.1) is 12.4 Å². The zero-order chi connectivity index (χ0) is 8.97. The Labute approximate surface area is 90.0 Å². The molecule has 1 aliphatic heterocycles. The highest BCUT2D eigenvalue weighted by molar-refractivity contribution is 8.14. The molecule has 0 radical (unpaired) electrons. The third kappa shape index (κ3) is 4.74. The highest BCUT2D eigenvalue weighted by atomic mass is 35.5. The summed E-state index contributed by atoms with van der Waals surface area (Å²) in [5, 5.41) is 3.84. The number of rotatable bonds is 1. The fourth-order valence-corrected chi connectivity index (χ4v) is 1.86. The van der Waals surface area contributed by atoms with E-state index in [0.29, 0.717) is 5.25 Å². The number of nitrogens with zero attached hydrogens (tertiary/aromatic N) is 1. The molecule has 0 aliphatic carbocycles. The van der Waals surface area contributed by atoms with Crippen molar-refractivity contribution in [1.82, 2.24) is 10.2 Å². The van der Waals surface area contributed by atoms with Gasteiger partial charge in [0.2, 0.25) is 0 Å². The molecule has 0 unspecified atom stereocenters. The zero-order valence-electron chi connectivity index (χ0n) is 8.08. The maximum atomic E-state index is 11.5. The van der Waals surface area contributed by atoms with Gasteiger partial charge in [0.1, 0.15) is 0 Å². The van der Waals surface area contributed by atoms with E-state index >= 15 is 0 Å². The van der Waals surface area contributed by atoms with Crippen LogP contribution < -0.4 is 5.32 Å². The number of carbonyl (C=O) groups excluding carboxylic acids is 1. The van der Waals surface area contributed by atoms with Gasteiger partial charge >= 0.3 is 0 Å². The summed E-state index contributed by atoms with van der Waals surface area (Å²) in [4.78, 5) is 13.4. The molecule has 78 valence electrons. The van der Waals surface area contributed by atoms with Gasteiger partial charge in [-0.3, -0.25) is 4.79 Å². The second kappa shape index (κ2) is 6.51. The van der Waals surface area contributed by atoms with Crippen molar-refractivity contribution in [2.75, 3.05) is 26.2 Å². The molecular weight excluding hydrogens is 208 g/mol. The summed E-state index contributed by atoms with van der Waals surface area (Å²) in [5.41, 5.74) is 0. The van der Waals surface area contributed by atoms with Crippen molar-refractivity contribution in [3.05, 3.63) is 0 Å². The van der Waals surface area contributed by atoms with Gasteiger partial charge in [0.25, 0.3) is 5.24 Å². The van der Waals surface area contributed by atoms with E-state index in [4.69, 9.17) is 0 Å². The van der Waals surface area contributed by atoms with Crippen molar-refractivity contribution >= 4 is 29.4 Å². The molecule has 1 amide bonds. The molecule has 1 fully saturated rings. The van der Waals surface area contributed by atoms with Crippen LogP contribution in [0.15, 0.2) is 0 Å². The third-order valence-corrected chi connectivity index (χ3v) is 2.64. The zero-order valence-corrected chi connectivity index (χ0v) is 9.71. The molecule has 0 aromatic heterocycles. The highest BCUT2D eigenvalue weighted by Crippen LogP contribution is 2.14. The summed E-state index contributed by atoms with van der Waals surface area (Å²) in [6, 6.07) is 0. The van der Waals surface area contributed by atoms with Crippen LogP contribution >= 0.6 is 24.2 Å². The van der Waals surface area contributed by atoms with E-state index in [9.17, 15) is 4.79 Å². The van der Waals surface area contributed by atoms with Gasteiger partial charge in [-0.1, -0.05) is 25.6 Å². The molecule has 3 nitrogen and oxygen atoms in total. The van der Waals surface area contributed by atoms with Gasteiger partial charge in [0.05, 0.1) is 0 Å². The molecule has 0 aromatic carbocycles. The predicted octanol–water partition coefficient (Wildman–Crippen LogP) is 1.57. The van der Waals surface area contributed by atoms with E-state index in [1.165, 1.54) is 11.8 Å². The van der Waals surface area contributed by atoms with Gasteiger partial charge in [0, 0.05) is 31.4 Å². The van der Waals surface area contributed by atoms with Crippen molar-refractivity contribution < 1.29 is 4.79 Å². The second-order valence-corrected chi connectivity index (χ2v) is 4.70. The van der Waals surface area contributed by atoms with Crippen LogP contribution in [0.25, 0.3) is 0 Å². The quantitative estimate of drug-likeness (QED) is 0.734. The van der Waals surface area contributed by atoms with Crippen LogP contribution in [0.2, 0.25) is 0 Å². The Morgan fingerprint density at radius 1 is 1.38 bits per heavy atom. The van der Waals surface area contributed by atoms with Crippen LogP contribution in [0.1, 0.15) is 13.8 Å². The summed E-state index contributed by atoms with van der Waals surface area (Å²) in [5.74, 6) is 0. The first kappa shape index (κ1) is 13.1. The second-order valence-electron chi connectivity index (χ2n) is 3.17. The average molecular weight is 225 g/mol. The molecule has 0 atom stereocenters. The van der Waals surface area contributed by atoms with E-state index in [2.05, 4.69) is 5.32 Å². The Morgan fingerprint density at radius 2 is 1.92 bits per heavy atom. The number of carbonyl (C=O) groups is 1. The summed E-state index contributed by atoms with van der Waals surface area (Å²) in [7, 11) is 0. The molecule has 1 rings (SSSR count). The number of piperazine rings is 1. The lowest BCUT2D eigenvalue weighted by molar-refractivity contribution is 0.215. The van der Waals surface area contributed by atoms with Crippen LogP contribution in [0.5, 0.6) is 0 Å². The number of thioether (sulfide) groups is 1. The van der Waals surface area contributed by atoms with Gasteiger partial charge in [-0.05, 0) is 0 Å². The summed E-state index contributed by atoms with van der Waals surface area (Å²) in [6.45, 7) is 7.68. The van der Waals surface area contributed by atoms with Gasteiger partial charge in [-0.25, -0.2) is 0 Å². The third-order valence-electron chi connectivity index (χ3n) is 1.71. The monoisotopic (exact) mass is 224 g/mol. The van der Waals surface area contributed by atoms with Crippen LogP contribution in [0.3, 0.4) is 0 Å². The van der Waals surface area contributed by atoms with E-state index in [1.54, 1.807) is 0 Å². The summed E-state index contributed by atoms with van der Waals surface area (Å²) in [6.07, 6.45) is 0. The Morgan fingerprint density at radius 3 is 2.38 bits per heavy atom. The Hall–Kier alpha value is 0.0700. The molecule has 0 bridgehead atoms. The molecule has 1 aliphatic rings. The number of hydrogen-bond acceptors (Lipinski definition) is 3. The first-order valence-corrected chi connectivity index (χ1v) is 5.24. The van der Waals surface area contributed by atoms with Crippen molar-refractivity contribution in [2.45, 2.75) is 19.1 Å². The van der Waals surface area contributed by atoms with Crippen molar-refractivity contribution in [2.24, 2.45) is 0 Å². The fraction of sp³-hybridized carbons (Fsp3) is 0.875. The fourth-order valence-electron chi connectivity index (χ4n) is 1.12. The van der Waals surface area contributed by atoms with Crippen LogP contribution in [-0.4, -0.2) is 41.6 Å². The van der Waals surface area contributed by atoms with E-state index in [0.717, 1.165) is 26.2 Å². The minimum absolute atomic E-state index is 0. The Kier molecular flexibility index (Phi) is 6.55. The number of hydrogen-bond donors (Lipinski definition) is 1. The normalized spacial score (nSPS) is 17.0. The molecular formula is C8H17ClN2OS. The van der Waals surface area contributed by atoms with Crippen molar-refractivity contribution in [3.8, 4) is 0 Å². The lowest BCUT2D eigenvalue weighted by atomic mass is 10.4. The van der Waals surface area contributed by atoms with Crippen molar-refractivity contribution in [3.63, 3.8) is 0 Å². The largest absolute Gasteiger partial charge is 0.331 e. The molecule has 13 heavy (non-hydrogen) atoms. The maximum absolute atomic E-state index is 11.5. The number of halogens is 1. The maximum Gasteiger partial charge on any atom is 0.281 e. The minimum Gasteiger partial charge on any atom is -0.331 e. The first-order valence-electron chi connectivity index (χ1n) is 4.36. The van der Waals surface area contributed by atoms with Crippen molar-refractivity contribution in [1.29, 1.82) is 0 Å². The minimum atomic E-state index is 0. The summed E-state index contributed by atoms with van der Waals surface area (Å²) >= 11 is 1.42. The van der Waals surface area contributed by atoms with E-state index in [1.807, 2.05) is 18.7 Å². The van der Waals surface area contributed by atoms with E-state index in [-0.39, 0.29) is 17.6 Å². The number of nitrogens with one attached hydrogen (secondary N) is 1. The smallest absolute Gasteiger partial charge is 0.281 e. The molecule has 0 spiro atoms. The lowest BCUT2D eigenvalue weighted by Gasteiger charge is -2.27. The van der Waals surface area contributed by atoms with E-state index < -0.39 is 0 Å². The lowest BCUT2D eigenvalue weighted by Crippen LogP contribution is -2.45. The number of amides is 1. The molecule has 0 saturated carbocycles. The first-order chi connectivity index (χ1) is 5.70. The highest BCUT2D eigenvalue weighted by Gasteiger charge is 2.17. The molecule has 1 saturated heterocycles.